The van der Waals surface area contributed by atoms with Crippen LogP contribution in [0.5, 0.6) is 0 Å². The van der Waals surface area contributed by atoms with Crippen molar-refractivity contribution >= 4 is 20.8 Å². The van der Waals surface area contributed by atoms with Crippen LogP contribution in [-0.2, 0) is 29.2 Å². The first-order valence-electron chi connectivity index (χ1n) is 14.4. The third-order valence-corrected chi connectivity index (χ3v) is 12.3. The maximum Gasteiger partial charge on any atom is 1.00 e. The van der Waals surface area contributed by atoms with Crippen LogP contribution in [0.3, 0.4) is 0 Å². The molecule has 40 heavy (non-hydrogen) atoms. The van der Waals surface area contributed by atoms with Gasteiger partial charge in [-0.25, -0.2) is 16.8 Å². The van der Waals surface area contributed by atoms with Gasteiger partial charge in [-0.3, -0.25) is 8.37 Å². The summed E-state index contributed by atoms with van der Waals surface area (Å²) in [6, 6.07) is 0. The maximum atomic E-state index is 11.5. The predicted octanol–water partition coefficient (Wildman–Crippen LogP) is -1.61. The second kappa shape index (κ2) is 14.0. The van der Waals surface area contributed by atoms with Gasteiger partial charge < -0.3 is 14.2 Å². The van der Waals surface area contributed by atoms with Gasteiger partial charge in [0.1, 0.15) is 12.2 Å². The molecule has 0 unspecified atom stereocenters. The van der Waals surface area contributed by atoms with E-state index in [0.717, 1.165) is 19.3 Å². The van der Waals surface area contributed by atoms with Crippen LogP contribution in [0.2, 0.25) is 0 Å². The largest absolute Gasteiger partial charge is 1.00 e. The van der Waals surface area contributed by atoms with Gasteiger partial charge in [-0.15, -0.1) is 0 Å². The van der Waals surface area contributed by atoms with Gasteiger partial charge in [0.05, 0.1) is 6.10 Å². The van der Waals surface area contributed by atoms with Crippen molar-refractivity contribution < 1.29 is 98.5 Å². The van der Waals surface area contributed by atoms with E-state index >= 15 is 0 Å². The molecule has 222 valence electrons. The van der Waals surface area contributed by atoms with Crippen molar-refractivity contribution in [2.24, 2.45) is 52.3 Å². The fourth-order valence-electron chi connectivity index (χ4n) is 9.81. The average molecular weight is 625 g/mol. The Morgan fingerprint density at radius 3 is 1.98 bits per heavy atom. The van der Waals surface area contributed by atoms with Crippen LogP contribution in [-0.4, -0.2) is 49.4 Å². The molecule has 4 saturated carbocycles. The number of hydrogen-bond acceptors (Lipinski definition) is 9. The first-order chi connectivity index (χ1) is 17.4. The molecular weight excluding hydrogens is 578 g/mol. The van der Waals surface area contributed by atoms with Crippen molar-refractivity contribution in [1.82, 2.24) is 0 Å². The molecule has 9 nitrogen and oxygen atoms in total. The van der Waals surface area contributed by atoms with Crippen LogP contribution in [0.1, 0.15) is 98.8 Å². The zero-order valence-electron chi connectivity index (χ0n) is 25.4. The summed E-state index contributed by atoms with van der Waals surface area (Å²) in [6.45, 7) is 11.4. The molecule has 4 rings (SSSR count). The molecule has 1 N–H and O–H groups in total. The molecule has 4 aliphatic rings. The first-order valence-corrected chi connectivity index (χ1v) is 17.1. The predicted molar refractivity (Wildman–Crippen MR) is 139 cm³/mol. The second-order valence-corrected chi connectivity index (χ2v) is 15.9. The molecule has 0 spiro atoms. The number of rotatable bonds is 9. The Balaban J connectivity index is 0.00000280. The molecule has 0 amide bonds. The number of aliphatic hydroxyl groups is 1. The van der Waals surface area contributed by atoms with E-state index in [-0.39, 0.29) is 95.1 Å². The average Bonchev–Trinajstić information content (AvgIpc) is 3.10. The molecule has 0 aliphatic heterocycles. The van der Waals surface area contributed by atoms with E-state index in [4.69, 9.17) is 4.18 Å². The minimum atomic E-state index is -5.17. The zero-order valence-corrected chi connectivity index (χ0v) is 31.0. The number of aliphatic hydroxyl groups excluding tert-OH is 1. The SMILES string of the molecule is CC(C)CCC[C@@H](C)[C@H]1CC[C@H]2[C@@H]3C[C@@H](O)[C@H]4C[C@H](OS(=O)(=O)[O-])[C@@H](OS(=O)(=O)[O-])C[C@]4(C)[C@H]3CC[C@]12C.[Na+].[Na+]. The summed E-state index contributed by atoms with van der Waals surface area (Å²) in [5, 5.41) is 11.4. The Hall–Kier alpha value is 1.70. The van der Waals surface area contributed by atoms with Crippen LogP contribution in [0.25, 0.3) is 0 Å². The summed E-state index contributed by atoms with van der Waals surface area (Å²) in [5.41, 5.74) is -0.390. The molecule has 0 heterocycles. The van der Waals surface area contributed by atoms with E-state index in [0.29, 0.717) is 30.1 Å². The van der Waals surface area contributed by atoms with Crippen molar-refractivity contribution in [3.63, 3.8) is 0 Å². The standard InChI is InChI=1S/C27H48O9S2.2Na/c1-16(2)7-6-8-17(3)19-9-10-20-18-13-23(28)22-14-24(35-37(29,30)31)25(36-38(32,33)34)15-27(22,5)21(18)11-12-26(19,20)4;;/h16-25,28H,6-15H2,1-5H3,(H,29,30,31)(H,32,33,34);;/q;2*+1/p-2/t17-,18+,19-,20+,21+,22-,23-,24+,25+,26-,27-;;/m1../s1. The van der Waals surface area contributed by atoms with Gasteiger partial charge in [-0.2, -0.15) is 0 Å². The zero-order chi connectivity index (χ0) is 28.3. The van der Waals surface area contributed by atoms with Crippen LogP contribution in [0, 0.1) is 52.3 Å². The third kappa shape index (κ3) is 8.10. The molecule has 0 radical (unpaired) electrons. The monoisotopic (exact) mass is 624 g/mol. The molecule has 0 bridgehead atoms. The van der Waals surface area contributed by atoms with Crippen molar-refractivity contribution in [3.05, 3.63) is 0 Å². The molecule has 4 fully saturated rings. The molecule has 13 heteroatoms. The van der Waals surface area contributed by atoms with E-state index < -0.39 is 44.5 Å². The third-order valence-electron chi connectivity index (χ3n) is 11.3. The fraction of sp³-hybridized carbons (Fsp3) is 1.00. The molecule has 0 saturated heterocycles. The molecule has 11 atom stereocenters. The smallest absolute Gasteiger partial charge is 0.726 e. The summed E-state index contributed by atoms with van der Waals surface area (Å²) in [4.78, 5) is 0. The van der Waals surface area contributed by atoms with Crippen molar-refractivity contribution in [2.45, 2.75) is 117 Å². The van der Waals surface area contributed by atoms with Crippen LogP contribution >= 0.6 is 0 Å². The molecule has 4 aliphatic carbocycles. The Morgan fingerprint density at radius 1 is 0.825 bits per heavy atom. The van der Waals surface area contributed by atoms with Crippen LogP contribution in [0.4, 0.5) is 0 Å². The minimum Gasteiger partial charge on any atom is -0.726 e. The number of hydrogen-bond donors (Lipinski definition) is 1. The minimum absolute atomic E-state index is 0. The number of fused-ring (bicyclic) bond motifs is 5. The quantitative estimate of drug-likeness (QED) is 0.181. The first kappa shape index (κ1) is 37.9. The van der Waals surface area contributed by atoms with Gasteiger partial charge in [-0.05, 0) is 97.2 Å². The molecule has 0 aromatic carbocycles. The Morgan fingerprint density at radius 2 is 1.40 bits per heavy atom. The normalized spacial score (nSPS) is 42.1. The van der Waals surface area contributed by atoms with Crippen molar-refractivity contribution in [2.75, 3.05) is 0 Å². The van der Waals surface area contributed by atoms with Crippen molar-refractivity contribution in [1.29, 1.82) is 0 Å². The van der Waals surface area contributed by atoms with Gasteiger partial charge in [0.15, 0.2) is 0 Å². The fourth-order valence-corrected chi connectivity index (χ4v) is 10.8. The second-order valence-electron chi connectivity index (χ2n) is 13.8. The summed E-state index contributed by atoms with van der Waals surface area (Å²) < 4.78 is 78.1. The van der Waals surface area contributed by atoms with E-state index in [1.54, 1.807) is 0 Å². The summed E-state index contributed by atoms with van der Waals surface area (Å²) >= 11 is 0. The van der Waals surface area contributed by atoms with E-state index in [9.17, 15) is 31.0 Å². The summed E-state index contributed by atoms with van der Waals surface area (Å²) in [6.07, 6.45) is 5.01. The Bertz CT molecular complexity index is 1070. The molecular formula is C27H46Na2O9S2. The van der Waals surface area contributed by atoms with Gasteiger partial charge in [0, 0.05) is 0 Å². The summed E-state index contributed by atoms with van der Waals surface area (Å²) in [7, 11) is -10.3. The summed E-state index contributed by atoms with van der Waals surface area (Å²) in [5.74, 6) is 2.47. The topological polar surface area (TPSA) is 153 Å². The van der Waals surface area contributed by atoms with Crippen LogP contribution in [0.15, 0.2) is 0 Å². The van der Waals surface area contributed by atoms with Gasteiger partial charge in [0.25, 0.3) is 0 Å². The van der Waals surface area contributed by atoms with Crippen LogP contribution < -0.4 is 59.1 Å². The Kier molecular flexibility index (Phi) is 13.3. The molecule has 0 aromatic heterocycles. The molecule has 0 aromatic rings. The maximum absolute atomic E-state index is 11.5. The van der Waals surface area contributed by atoms with E-state index in [2.05, 4.69) is 31.9 Å². The van der Waals surface area contributed by atoms with Gasteiger partial charge in [0.2, 0.25) is 20.8 Å². The Labute approximate surface area is 286 Å². The van der Waals surface area contributed by atoms with Gasteiger partial charge in [-0.1, -0.05) is 53.9 Å². The van der Waals surface area contributed by atoms with E-state index in [1.807, 2.05) is 6.92 Å². The van der Waals surface area contributed by atoms with E-state index in [1.165, 1.54) is 25.7 Å². The van der Waals surface area contributed by atoms with Gasteiger partial charge >= 0.3 is 59.1 Å². The van der Waals surface area contributed by atoms with Crippen molar-refractivity contribution in [3.8, 4) is 0 Å².